The number of methoxy groups -OCH3 is 1. The second-order valence-corrected chi connectivity index (χ2v) is 5.15. The lowest BCUT2D eigenvalue weighted by molar-refractivity contribution is -0.116. The lowest BCUT2D eigenvalue weighted by atomic mass is 10.2. The molecule has 0 spiro atoms. The zero-order chi connectivity index (χ0) is 15.5. The molecule has 0 heterocycles. The van der Waals surface area contributed by atoms with Crippen molar-refractivity contribution >= 4 is 11.6 Å². The van der Waals surface area contributed by atoms with Gasteiger partial charge in [-0.05, 0) is 17.7 Å². The predicted octanol–water partition coefficient (Wildman–Crippen LogP) is 2.18. The summed E-state index contributed by atoms with van der Waals surface area (Å²) in [5, 5.41) is 6.12. The third-order valence-corrected chi connectivity index (χ3v) is 2.82. The van der Waals surface area contributed by atoms with Crippen LogP contribution < -0.4 is 10.6 Å². The van der Waals surface area contributed by atoms with Gasteiger partial charge in [-0.1, -0.05) is 26.0 Å². The molecule has 0 saturated heterocycles. The molecule has 0 fully saturated rings. The maximum Gasteiger partial charge on any atom is 0.225 e. The molecule has 0 unspecified atom stereocenters. The van der Waals surface area contributed by atoms with Crippen LogP contribution in [0.25, 0.3) is 0 Å². The Kier molecular flexibility index (Phi) is 8.66. The van der Waals surface area contributed by atoms with Crippen molar-refractivity contribution in [2.24, 2.45) is 0 Å². The largest absolute Gasteiger partial charge is 0.382 e. The molecule has 5 heteroatoms. The minimum absolute atomic E-state index is 0.0144. The second-order valence-electron chi connectivity index (χ2n) is 5.15. The van der Waals surface area contributed by atoms with Crippen molar-refractivity contribution < 1.29 is 14.3 Å². The van der Waals surface area contributed by atoms with Crippen LogP contribution in [0.3, 0.4) is 0 Å². The first kappa shape index (κ1) is 17.6. The normalized spacial score (nSPS) is 10.9. The Bertz CT molecular complexity index is 422. The zero-order valence-corrected chi connectivity index (χ0v) is 13.1. The number of hydrogen-bond acceptors (Lipinski definition) is 4. The molecule has 0 radical (unpaired) electrons. The van der Waals surface area contributed by atoms with Gasteiger partial charge in [-0.2, -0.15) is 0 Å². The van der Waals surface area contributed by atoms with Crippen LogP contribution in [-0.4, -0.2) is 38.8 Å². The molecule has 0 bridgehead atoms. The molecule has 0 aromatic heterocycles. The van der Waals surface area contributed by atoms with Crippen LogP contribution in [0.1, 0.15) is 25.8 Å². The van der Waals surface area contributed by atoms with Crippen molar-refractivity contribution in [3.8, 4) is 0 Å². The van der Waals surface area contributed by atoms with E-state index in [-0.39, 0.29) is 5.91 Å². The highest BCUT2D eigenvalue weighted by Crippen LogP contribution is 2.11. The molecule has 0 atom stereocenters. The minimum Gasteiger partial charge on any atom is -0.382 e. The summed E-state index contributed by atoms with van der Waals surface area (Å²) < 4.78 is 10.4. The SMILES string of the molecule is COCCOCc1cccc(NC(=O)CCNC(C)C)c1. The summed E-state index contributed by atoms with van der Waals surface area (Å²) >= 11 is 0. The summed E-state index contributed by atoms with van der Waals surface area (Å²) in [6.07, 6.45) is 0.465. The quantitative estimate of drug-likeness (QED) is 0.649. The molecule has 2 N–H and O–H groups in total. The Labute approximate surface area is 127 Å². The van der Waals surface area contributed by atoms with E-state index in [1.165, 1.54) is 0 Å². The Hall–Kier alpha value is -1.43. The second kappa shape index (κ2) is 10.3. The number of carbonyl (C=O) groups is 1. The first-order valence-corrected chi connectivity index (χ1v) is 7.30. The van der Waals surface area contributed by atoms with Gasteiger partial charge in [0.25, 0.3) is 0 Å². The lowest BCUT2D eigenvalue weighted by Crippen LogP contribution is -2.27. The maximum atomic E-state index is 11.8. The number of hydrogen-bond donors (Lipinski definition) is 2. The highest BCUT2D eigenvalue weighted by Gasteiger charge is 2.03. The van der Waals surface area contributed by atoms with Gasteiger partial charge < -0.3 is 20.1 Å². The first-order chi connectivity index (χ1) is 10.1. The Morgan fingerprint density at radius 2 is 2.10 bits per heavy atom. The molecular formula is C16H26N2O3. The molecule has 21 heavy (non-hydrogen) atoms. The van der Waals surface area contributed by atoms with Crippen LogP contribution in [0.2, 0.25) is 0 Å². The van der Waals surface area contributed by atoms with Gasteiger partial charge in [0.15, 0.2) is 0 Å². The fourth-order valence-electron chi connectivity index (χ4n) is 1.77. The molecule has 0 aliphatic carbocycles. The van der Waals surface area contributed by atoms with Crippen molar-refractivity contribution in [2.75, 3.05) is 32.2 Å². The number of anilines is 1. The Morgan fingerprint density at radius 3 is 2.81 bits per heavy atom. The third-order valence-electron chi connectivity index (χ3n) is 2.82. The van der Waals surface area contributed by atoms with Gasteiger partial charge in [-0.15, -0.1) is 0 Å². The predicted molar refractivity (Wildman–Crippen MR) is 84.4 cm³/mol. The van der Waals surface area contributed by atoms with Crippen LogP contribution in [-0.2, 0) is 20.9 Å². The van der Waals surface area contributed by atoms with Crippen molar-refractivity contribution in [1.29, 1.82) is 0 Å². The molecule has 0 saturated carbocycles. The lowest BCUT2D eigenvalue weighted by Gasteiger charge is -2.10. The maximum absolute atomic E-state index is 11.8. The van der Waals surface area contributed by atoms with E-state index in [2.05, 4.69) is 24.5 Å². The Balaban J connectivity index is 2.35. The molecule has 0 aliphatic heterocycles. The van der Waals surface area contributed by atoms with Gasteiger partial charge in [0.05, 0.1) is 19.8 Å². The van der Waals surface area contributed by atoms with Crippen molar-refractivity contribution in [2.45, 2.75) is 32.9 Å². The molecular weight excluding hydrogens is 268 g/mol. The molecule has 5 nitrogen and oxygen atoms in total. The van der Waals surface area contributed by atoms with Crippen molar-refractivity contribution in [3.63, 3.8) is 0 Å². The molecule has 1 rings (SSSR count). The van der Waals surface area contributed by atoms with E-state index in [4.69, 9.17) is 9.47 Å². The summed E-state index contributed by atoms with van der Waals surface area (Å²) in [4.78, 5) is 11.8. The van der Waals surface area contributed by atoms with Gasteiger partial charge in [0, 0.05) is 31.8 Å². The zero-order valence-electron chi connectivity index (χ0n) is 13.1. The summed E-state index contributed by atoms with van der Waals surface area (Å²) in [5.74, 6) is 0.0144. The van der Waals surface area contributed by atoms with Crippen LogP contribution >= 0.6 is 0 Å². The smallest absolute Gasteiger partial charge is 0.225 e. The number of benzene rings is 1. The average molecular weight is 294 g/mol. The summed E-state index contributed by atoms with van der Waals surface area (Å²) in [6.45, 7) is 6.47. The van der Waals surface area contributed by atoms with E-state index in [1.807, 2.05) is 24.3 Å². The van der Waals surface area contributed by atoms with E-state index in [0.717, 1.165) is 11.3 Å². The fourth-order valence-corrected chi connectivity index (χ4v) is 1.77. The van der Waals surface area contributed by atoms with E-state index in [0.29, 0.717) is 38.8 Å². The molecule has 1 amide bonds. The number of carbonyl (C=O) groups excluding carboxylic acids is 1. The van der Waals surface area contributed by atoms with Crippen LogP contribution in [0.15, 0.2) is 24.3 Å². The standard InChI is InChI=1S/C16H26N2O3/c1-13(2)17-8-7-16(19)18-15-6-4-5-14(11-15)12-21-10-9-20-3/h4-6,11,13,17H,7-10,12H2,1-3H3,(H,18,19). The third kappa shape index (κ3) is 8.45. The number of nitrogens with one attached hydrogen (secondary N) is 2. The van der Waals surface area contributed by atoms with Crippen molar-refractivity contribution in [1.82, 2.24) is 5.32 Å². The first-order valence-electron chi connectivity index (χ1n) is 7.30. The Morgan fingerprint density at radius 1 is 1.29 bits per heavy atom. The van der Waals surface area contributed by atoms with Crippen molar-refractivity contribution in [3.05, 3.63) is 29.8 Å². The van der Waals surface area contributed by atoms with Gasteiger partial charge in [0.1, 0.15) is 0 Å². The van der Waals surface area contributed by atoms with Gasteiger partial charge in [-0.25, -0.2) is 0 Å². The monoisotopic (exact) mass is 294 g/mol. The van der Waals surface area contributed by atoms with Crippen LogP contribution in [0, 0.1) is 0 Å². The number of rotatable bonds is 10. The molecule has 1 aromatic rings. The van der Waals surface area contributed by atoms with E-state index < -0.39 is 0 Å². The molecule has 118 valence electrons. The summed E-state index contributed by atoms with van der Waals surface area (Å²) in [7, 11) is 1.65. The number of ether oxygens (including phenoxy) is 2. The van der Waals surface area contributed by atoms with Crippen LogP contribution in [0.4, 0.5) is 5.69 Å². The topological polar surface area (TPSA) is 59.6 Å². The minimum atomic E-state index is 0.0144. The van der Waals surface area contributed by atoms with E-state index in [1.54, 1.807) is 7.11 Å². The van der Waals surface area contributed by atoms with Crippen LogP contribution in [0.5, 0.6) is 0 Å². The van der Waals surface area contributed by atoms with Gasteiger partial charge >= 0.3 is 0 Å². The highest BCUT2D eigenvalue weighted by molar-refractivity contribution is 5.90. The summed E-state index contributed by atoms with van der Waals surface area (Å²) in [5.41, 5.74) is 1.83. The molecule has 0 aliphatic rings. The van der Waals surface area contributed by atoms with Gasteiger partial charge in [-0.3, -0.25) is 4.79 Å². The van der Waals surface area contributed by atoms with E-state index in [9.17, 15) is 4.79 Å². The average Bonchev–Trinajstić information content (AvgIpc) is 2.43. The van der Waals surface area contributed by atoms with Gasteiger partial charge in [0.2, 0.25) is 5.91 Å². The fraction of sp³-hybridized carbons (Fsp3) is 0.562. The summed E-state index contributed by atoms with van der Waals surface area (Å²) in [6, 6.07) is 8.10. The number of amides is 1. The highest BCUT2D eigenvalue weighted by atomic mass is 16.5. The van der Waals surface area contributed by atoms with E-state index >= 15 is 0 Å². The molecule has 1 aromatic carbocycles.